The van der Waals surface area contributed by atoms with Gasteiger partial charge in [-0.25, -0.2) is 0 Å². The summed E-state index contributed by atoms with van der Waals surface area (Å²) in [6.45, 7) is 0. The van der Waals surface area contributed by atoms with Crippen LogP contribution in [0.2, 0.25) is 10.0 Å². The number of carbonyl (C=O) groups is 2. The van der Waals surface area contributed by atoms with Crippen LogP contribution < -0.4 is 10.1 Å². The fourth-order valence-electron chi connectivity index (χ4n) is 4.12. The highest BCUT2D eigenvalue weighted by molar-refractivity contribution is 6.35. The highest BCUT2D eigenvalue weighted by Crippen LogP contribution is 2.44. The third-order valence-electron chi connectivity index (χ3n) is 5.46. The van der Waals surface area contributed by atoms with E-state index in [0.717, 1.165) is 16.9 Å². The normalized spacial score (nSPS) is 22.0. The fraction of sp³-hybridized carbons (Fsp3) is 0.273. The molecule has 0 aromatic heterocycles. The molecule has 28 heavy (non-hydrogen) atoms. The van der Waals surface area contributed by atoms with Gasteiger partial charge in [-0.2, -0.15) is 0 Å². The molecule has 2 aromatic rings. The van der Waals surface area contributed by atoms with Crippen LogP contribution in [0.15, 0.2) is 53.7 Å². The van der Waals surface area contributed by atoms with E-state index in [0.29, 0.717) is 34.2 Å². The summed E-state index contributed by atoms with van der Waals surface area (Å²) in [5.74, 6) is 0.417. The molecule has 4 nitrogen and oxygen atoms in total. The number of benzene rings is 2. The Bertz CT molecular complexity index is 982. The first-order chi connectivity index (χ1) is 13.5. The van der Waals surface area contributed by atoms with E-state index in [2.05, 4.69) is 5.32 Å². The minimum atomic E-state index is -0.335. The maximum Gasteiger partial charge on any atom is 0.225 e. The third kappa shape index (κ3) is 3.54. The van der Waals surface area contributed by atoms with E-state index in [-0.39, 0.29) is 29.9 Å². The van der Waals surface area contributed by atoms with Crippen molar-refractivity contribution < 1.29 is 14.3 Å². The maximum absolute atomic E-state index is 13.1. The van der Waals surface area contributed by atoms with Crippen molar-refractivity contribution in [3.8, 4) is 5.75 Å². The highest BCUT2D eigenvalue weighted by atomic mass is 35.5. The van der Waals surface area contributed by atoms with Gasteiger partial charge in [0.1, 0.15) is 5.75 Å². The second-order valence-electron chi connectivity index (χ2n) is 7.16. The lowest BCUT2D eigenvalue weighted by molar-refractivity contribution is -0.122. The van der Waals surface area contributed by atoms with E-state index in [9.17, 15) is 9.59 Å². The number of halogens is 2. The van der Waals surface area contributed by atoms with Crippen LogP contribution in [0.5, 0.6) is 5.75 Å². The van der Waals surface area contributed by atoms with Gasteiger partial charge >= 0.3 is 0 Å². The van der Waals surface area contributed by atoms with Gasteiger partial charge in [-0.3, -0.25) is 9.59 Å². The number of ketones is 1. The Labute approximate surface area is 173 Å². The minimum absolute atomic E-state index is 0.0249. The molecule has 144 valence electrons. The molecule has 2 atom stereocenters. The molecule has 0 spiro atoms. The number of rotatable bonds is 3. The Balaban J connectivity index is 1.70. The number of ether oxygens (including phenoxy) is 1. The summed E-state index contributed by atoms with van der Waals surface area (Å²) in [6, 6.07) is 12.9. The van der Waals surface area contributed by atoms with Gasteiger partial charge in [-0.05, 0) is 47.7 Å². The van der Waals surface area contributed by atoms with Crippen molar-refractivity contribution in [1.82, 2.24) is 5.32 Å². The predicted molar refractivity (Wildman–Crippen MR) is 109 cm³/mol. The zero-order valence-electron chi connectivity index (χ0n) is 15.3. The van der Waals surface area contributed by atoms with Crippen LogP contribution in [-0.4, -0.2) is 18.8 Å². The molecule has 6 heteroatoms. The standard InChI is InChI=1S/C22H19Cl2NO3/c1-28-15-5-2-12(3-6-15)13-8-19-22(20(26)9-13)17(11-21(27)25-19)16-7-4-14(23)10-18(16)24/h2-7,10,13,17H,8-9,11H2,1H3,(H,25,27)/t13-,17-/m1/s1. The second-order valence-corrected chi connectivity index (χ2v) is 8.01. The van der Waals surface area contributed by atoms with Crippen molar-refractivity contribution in [2.45, 2.75) is 31.1 Å². The second kappa shape index (κ2) is 7.61. The molecule has 0 unspecified atom stereocenters. The molecule has 0 radical (unpaired) electrons. The van der Waals surface area contributed by atoms with E-state index < -0.39 is 0 Å². The van der Waals surface area contributed by atoms with Gasteiger partial charge in [0.15, 0.2) is 5.78 Å². The van der Waals surface area contributed by atoms with Crippen LogP contribution in [0, 0.1) is 0 Å². The molecule has 1 heterocycles. The van der Waals surface area contributed by atoms with Crippen molar-refractivity contribution in [3.63, 3.8) is 0 Å². The minimum Gasteiger partial charge on any atom is -0.497 e. The number of amides is 1. The van der Waals surface area contributed by atoms with Crippen molar-refractivity contribution in [2.24, 2.45) is 0 Å². The number of hydrogen-bond donors (Lipinski definition) is 1. The summed E-state index contributed by atoms with van der Waals surface area (Å²) < 4.78 is 5.21. The molecule has 2 aliphatic rings. The number of Topliss-reactive ketones (excluding diaryl/α,β-unsaturated/α-hetero) is 1. The van der Waals surface area contributed by atoms with Gasteiger partial charge in [-0.1, -0.05) is 41.4 Å². The summed E-state index contributed by atoms with van der Waals surface area (Å²) in [5, 5.41) is 3.93. The third-order valence-corrected chi connectivity index (χ3v) is 6.02. The smallest absolute Gasteiger partial charge is 0.225 e. The lowest BCUT2D eigenvalue weighted by atomic mass is 9.73. The number of nitrogens with one attached hydrogen (secondary N) is 1. The number of allylic oxidation sites excluding steroid dienone is 2. The summed E-state index contributed by atoms with van der Waals surface area (Å²) in [4.78, 5) is 25.5. The number of hydrogen-bond acceptors (Lipinski definition) is 3. The molecule has 1 N–H and O–H groups in total. The lowest BCUT2D eigenvalue weighted by Gasteiger charge is -2.34. The molecule has 0 fully saturated rings. The zero-order chi connectivity index (χ0) is 19.8. The van der Waals surface area contributed by atoms with Gasteiger partial charge in [0, 0.05) is 40.1 Å². The van der Waals surface area contributed by atoms with E-state index in [1.54, 1.807) is 25.3 Å². The lowest BCUT2D eigenvalue weighted by Crippen LogP contribution is -2.38. The molecule has 1 aliphatic carbocycles. The Hall–Kier alpha value is -2.30. The van der Waals surface area contributed by atoms with Crippen molar-refractivity contribution >= 4 is 34.9 Å². The fourth-order valence-corrected chi connectivity index (χ4v) is 4.66. The van der Waals surface area contributed by atoms with E-state index >= 15 is 0 Å². The summed E-state index contributed by atoms with van der Waals surface area (Å²) in [7, 11) is 1.62. The van der Waals surface area contributed by atoms with Gasteiger partial charge in [0.2, 0.25) is 5.91 Å². The molecule has 1 amide bonds. The Morgan fingerprint density at radius 1 is 1.00 bits per heavy atom. The van der Waals surface area contributed by atoms with Crippen LogP contribution in [0.4, 0.5) is 0 Å². The SMILES string of the molecule is COc1ccc([C@H]2CC(=O)C3=C(C2)NC(=O)C[C@@H]3c2ccc(Cl)cc2Cl)cc1. The molecule has 1 aliphatic heterocycles. The average Bonchev–Trinajstić information content (AvgIpc) is 2.67. The number of methoxy groups -OCH3 is 1. The van der Waals surface area contributed by atoms with Crippen LogP contribution >= 0.6 is 23.2 Å². The predicted octanol–water partition coefficient (Wildman–Crippen LogP) is 5.01. The molecular formula is C22H19Cl2NO3. The first kappa shape index (κ1) is 19.0. The largest absolute Gasteiger partial charge is 0.497 e. The van der Waals surface area contributed by atoms with Gasteiger partial charge in [-0.15, -0.1) is 0 Å². The molecule has 0 bridgehead atoms. The molecule has 0 saturated heterocycles. The molecule has 2 aromatic carbocycles. The Morgan fingerprint density at radius 2 is 1.75 bits per heavy atom. The van der Waals surface area contributed by atoms with Gasteiger partial charge < -0.3 is 10.1 Å². The zero-order valence-corrected chi connectivity index (χ0v) is 16.8. The highest BCUT2D eigenvalue weighted by Gasteiger charge is 2.38. The van der Waals surface area contributed by atoms with Gasteiger partial charge in [0.25, 0.3) is 0 Å². The van der Waals surface area contributed by atoms with E-state index in [4.69, 9.17) is 27.9 Å². The van der Waals surface area contributed by atoms with Crippen molar-refractivity contribution in [2.75, 3.05) is 7.11 Å². The molecule has 4 rings (SSSR count). The van der Waals surface area contributed by atoms with Crippen LogP contribution in [0.25, 0.3) is 0 Å². The Kier molecular flexibility index (Phi) is 5.17. The van der Waals surface area contributed by atoms with Gasteiger partial charge in [0.05, 0.1) is 7.11 Å². The monoisotopic (exact) mass is 415 g/mol. The van der Waals surface area contributed by atoms with E-state index in [1.165, 1.54) is 0 Å². The molecule has 0 saturated carbocycles. The van der Waals surface area contributed by atoms with Crippen LogP contribution in [0.3, 0.4) is 0 Å². The van der Waals surface area contributed by atoms with Crippen LogP contribution in [0.1, 0.15) is 42.2 Å². The van der Waals surface area contributed by atoms with Crippen LogP contribution in [-0.2, 0) is 9.59 Å². The van der Waals surface area contributed by atoms with Crippen molar-refractivity contribution in [1.29, 1.82) is 0 Å². The summed E-state index contributed by atoms with van der Waals surface area (Å²) >= 11 is 12.4. The number of carbonyl (C=O) groups excluding carboxylic acids is 2. The topological polar surface area (TPSA) is 55.4 Å². The molecular weight excluding hydrogens is 397 g/mol. The van der Waals surface area contributed by atoms with Crippen molar-refractivity contribution in [3.05, 3.63) is 74.9 Å². The summed E-state index contributed by atoms with van der Waals surface area (Å²) in [5.41, 5.74) is 3.21. The first-order valence-electron chi connectivity index (χ1n) is 9.11. The summed E-state index contributed by atoms with van der Waals surface area (Å²) in [6.07, 6.45) is 1.22. The first-order valence-corrected chi connectivity index (χ1v) is 9.87. The van der Waals surface area contributed by atoms with E-state index in [1.807, 2.05) is 24.3 Å². The average molecular weight is 416 g/mol. The quantitative estimate of drug-likeness (QED) is 0.766. The Morgan fingerprint density at radius 3 is 2.43 bits per heavy atom. The maximum atomic E-state index is 13.1.